The van der Waals surface area contributed by atoms with Crippen molar-refractivity contribution in [1.82, 2.24) is 10.3 Å². The minimum Gasteiger partial charge on any atom is -0.508 e. The van der Waals surface area contributed by atoms with Crippen LogP contribution in [0.4, 0.5) is 0 Å². The average molecular weight is 310 g/mol. The fourth-order valence-corrected chi connectivity index (χ4v) is 2.05. The van der Waals surface area contributed by atoms with Gasteiger partial charge in [-0.15, -0.1) is 0 Å². The van der Waals surface area contributed by atoms with Crippen LogP contribution in [0.25, 0.3) is 11.5 Å². The summed E-state index contributed by atoms with van der Waals surface area (Å²) in [6.45, 7) is 0.272. The third kappa shape index (κ3) is 3.49. The standard InChI is InChI=1S/C17H14N2O4/c20-13-6-4-12(5-7-13)17-19-15(10-23-17)16(22)18-9-11-2-1-3-14(21)8-11/h1-8,10,20-21H,9H2,(H,18,22). The van der Waals surface area contributed by atoms with E-state index in [0.717, 1.165) is 5.56 Å². The molecule has 1 heterocycles. The first-order valence-electron chi connectivity index (χ1n) is 6.93. The van der Waals surface area contributed by atoms with Gasteiger partial charge in [0, 0.05) is 12.1 Å². The number of carbonyl (C=O) groups excluding carboxylic acids is 1. The summed E-state index contributed by atoms with van der Waals surface area (Å²) < 4.78 is 5.29. The van der Waals surface area contributed by atoms with Gasteiger partial charge in [0.1, 0.15) is 17.8 Å². The Morgan fingerprint density at radius 3 is 2.61 bits per heavy atom. The molecule has 6 nitrogen and oxygen atoms in total. The minimum atomic E-state index is -0.373. The van der Waals surface area contributed by atoms with Gasteiger partial charge in [-0.25, -0.2) is 4.98 Å². The Bertz CT molecular complexity index is 825. The summed E-state index contributed by atoms with van der Waals surface area (Å²) in [4.78, 5) is 16.2. The lowest BCUT2D eigenvalue weighted by atomic mass is 10.2. The molecule has 1 amide bonds. The summed E-state index contributed by atoms with van der Waals surface area (Å²) in [6, 6.07) is 13.0. The van der Waals surface area contributed by atoms with Crippen molar-refractivity contribution < 1.29 is 19.4 Å². The largest absolute Gasteiger partial charge is 0.508 e. The highest BCUT2D eigenvalue weighted by Crippen LogP contribution is 2.21. The highest BCUT2D eigenvalue weighted by Gasteiger charge is 2.13. The van der Waals surface area contributed by atoms with Gasteiger partial charge in [-0.3, -0.25) is 4.79 Å². The lowest BCUT2D eigenvalue weighted by Crippen LogP contribution is -2.23. The van der Waals surface area contributed by atoms with Gasteiger partial charge in [0.2, 0.25) is 5.89 Å². The molecule has 0 unspecified atom stereocenters. The summed E-state index contributed by atoms with van der Waals surface area (Å²) >= 11 is 0. The van der Waals surface area contributed by atoms with Crippen LogP contribution in [-0.4, -0.2) is 21.1 Å². The van der Waals surface area contributed by atoms with Gasteiger partial charge >= 0.3 is 0 Å². The van der Waals surface area contributed by atoms with Crippen LogP contribution in [0.5, 0.6) is 11.5 Å². The van der Waals surface area contributed by atoms with Crippen LogP contribution in [0.2, 0.25) is 0 Å². The van der Waals surface area contributed by atoms with Crippen molar-refractivity contribution in [2.45, 2.75) is 6.54 Å². The molecule has 3 N–H and O–H groups in total. The second-order valence-electron chi connectivity index (χ2n) is 4.94. The second-order valence-corrected chi connectivity index (χ2v) is 4.94. The number of aromatic nitrogens is 1. The maximum absolute atomic E-state index is 12.1. The average Bonchev–Trinajstić information content (AvgIpc) is 3.03. The molecule has 1 aromatic heterocycles. The van der Waals surface area contributed by atoms with E-state index >= 15 is 0 Å². The molecule has 3 aromatic rings. The van der Waals surface area contributed by atoms with Crippen molar-refractivity contribution in [2.75, 3.05) is 0 Å². The van der Waals surface area contributed by atoms with Crippen LogP contribution in [-0.2, 0) is 6.54 Å². The number of nitrogens with zero attached hydrogens (tertiary/aromatic N) is 1. The third-order valence-electron chi connectivity index (χ3n) is 3.21. The number of hydrogen-bond donors (Lipinski definition) is 3. The Hall–Kier alpha value is -3.28. The van der Waals surface area contributed by atoms with Gasteiger partial charge in [-0.05, 0) is 42.0 Å². The van der Waals surface area contributed by atoms with E-state index < -0.39 is 0 Å². The smallest absolute Gasteiger partial charge is 0.273 e. The van der Waals surface area contributed by atoms with Crippen LogP contribution in [0.15, 0.2) is 59.2 Å². The molecule has 0 bridgehead atoms. The number of carbonyl (C=O) groups is 1. The number of aromatic hydroxyl groups is 2. The zero-order valence-electron chi connectivity index (χ0n) is 12.1. The number of rotatable bonds is 4. The van der Waals surface area contributed by atoms with E-state index in [9.17, 15) is 15.0 Å². The maximum Gasteiger partial charge on any atom is 0.273 e. The monoisotopic (exact) mass is 310 g/mol. The Morgan fingerprint density at radius 1 is 1.09 bits per heavy atom. The molecule has 0 saturated carbocycles. The van der Waals surface area contributed by atoms with E-state index in [-0.39, 0.29) is 29.6 Å². The third-order valence-corrected chi connectivity index (χ3v) is 3.21. The van der Waals surface area contributed by atoms with Crippen LogP contribution in [0.3, 0.4) is 0 Å². The second kappa shape index (κ2) is 6.23. The number of phenolic OH excluding ortho intramolecular Hbond substituents is 2. The van der Waals surface area contributed by atoms with Gasteiger partial charge in [0.15, 0.2) is 5.69 Å². The zero-order valence-corrected chi connectivity index (χ0v) is 12.1. The summed E-state index contributed by atoms with van der Waals surface area (Å²) in [6.07, 6.45) is 1.28. The molecule has 0 aliphatic heterocycles. The van der Waals surface area contributed by atoms with Crippen LogP contribution >= 0.6 is 0 Å². The van der Waals surface area contributed by atoms with E-state index in [1.807, 2.05) is 0 Å². The number of nitrogens with one attached hydrogen (secondary N) is 1. The van der Waals surface area contributed by atoms with E-state index in [1.54, 1.807) is 36.4 Å². The van der Waals surface area contributed by atoms with Gasteiger partial charge in [0.05, 0.1) is 0 Å². The predicted molar refractivity (Wildman–Crippen MR) is 82.9 cm³/mol. The minimum absolute atomic E-state index is 0.143. The maximum atomic E-state index is 12.1. The topological polar surface area (TPSA) is 95.6 Å². The fourth-order valence-electron chi connectivity index (χ4n) is 2.05. The molecular weight excluding hydrogens is 296 g/mol. The summed E-state index contributed by atoms with van der Waals surface area (Å²) in [7, 11) is 0. The fraction of sp³-hybridized carbons (Fsp3) is 0.0588. The molecular formula is C17H14N2O4. The Balaban J connectivity index is 1.67. The quantitative estimate of drug-likeness (QED) is 0.688. The van der Waals surface area contributed by atoms with E-state index in [2.05, 4.69) is 10.3 Å². The van der Waals surface area contributed by atoms with Gasteiger partial charge in [-0.1, -0.05) is 12.1 Å². The molecule has 0 aliphatic rings. The first-order chi connectivity index (χ1) is 11.1. The van der Waals surface area contributed by atoms with E-state index in [1.165, 1.54) is 18.4 Å². The van der Waals surface area contributed by atoms with Crippen LogP contribution in [0.1, 0.15) is 16.1 Å². The SMILES string of the molecule is O=C(NCc1cccc(O)c1)c1coc(-c2ccc(O)cc2)n1. The summed E-state index contributed by atoms with van der Waals surface area (Å²) in [5.41, 5.74) is 1.60. The molecule has 0 saturated heterocycles. The number of hydrogen-bond acceptors (Lipinski definition) is 5. The van der Waals surface area contributed by atoms with Gasteiger partial charge in [-0.2, -0.15) is 0 Å². The Morgan fingerprint density at radius 2 is 1.87 bits per heavy atom. The lowest BCUT2D eigenvalue weighted by Gasteiger charge is -2.03. The highest BCUT2D eigenvalue weighted by atomic mass is 16.3. The molecule has 0 radical (unpaired) electrons. The van der Waals surface area contributed by atoms with Crippen LogP contribution < -0.4 is 5.32 Å². The molecule has 2 aromatic carbocycles. The lowest BCUT2D eigenvalue weighted by molar-refractivity contribution is 0.0946. The predicted octanol–water partition coefficient (Wildman–Crippen LogP) is 2.68. The molecule has 0 aliphatic carbocycles. The van der Waals surface area contributed by atoms with Crippen molar-refractivity contribution in [2.24, 2.45) is 0 Å². The molecule has 0 atom stereocenters. The van der Waals surface area contributed by atoms with Crippen molar-refractivity contribution in [3.05, 3.63) is 66.1 Å². The Kier molecular flexibility index (Phi) is 3.97. The number of phenols is 2. The summed E-state index contributed by atoms with van der Waals surface area (Å²) in [5, 5.41) is 21.4. The van der Waals surface area contributed by atoms with Crippen molar-refractivity contribution in [3.8, 4) is 23.0 Å². The molecule has 3 rings (SSSR count). The number of benzene rings is 2. The van der Waals surface area contributed by atoms with E-state index in [4.69, 9.17) is 4.42 Å². The van der Waals surface area contributed by atoms with Crippen molar-refractivity contribution in [3.63, 3.8) is 0 Å². The van der Waals surface area contributed by atoms with Crippen molar-refractivity contribution >= 4 is 5.91 Å². The molecule has 116 valence electrons. The zero-order chi connectivity index (χ0) is 16.2. The van der Waals surface area contributed by atoms with Gasteiger partial charge < -0.3 is 19.9 Å². The molecule has 0 spiro atoms. The molecule has 0 fully saturated rings. The number of amides is 1. The molecule has 6 heteroatoms. The van der Waals surface area contributed by atoms with Crippen molar-refractivity contribution in [1.29, 1.82) is 0 Å². The van der Waals surface area contributed by atoms with E-state index in [0.29, 0.717) is 11.5 Å². The van der Waals surface area contributed by atoms with Crippen LogP contribution in [0, 0.1) is 0 Å². The first-order valence-corrected chi connectivity index (χ1v) is 6.93. The molecule has 23 heavy (non-hydrogen) atoms. The summed E-state index contributed by atoms with van der Waals surface area (Å²) in [5.74, 6) is 0.215. The number of oxazole rings is 1. The highest BCUT2D eigenvalue weighted by molar-refractivity contribution is 5.92. The Labute approximate surface area is 132 Å². The van der Waals surface area contributed by atoms with Gasteiger partial charge in [0.25, 0.3) is 5.91 Å². The normalized spacial score (nSPS) is 10.4. The first kappa shape index (κ1) is 14.6.